The summed E-state index contributed by atoms with van der Waals surface area (Å²) in [5.41, 5.74) is 2.15. The fraction of sp³-hybridized carbons (Fsp3) is 0.571. The number of nitrogens with zero attached hydrogens (tertiary/aromatic N) is 3. The van der Waals surface area contributed by atoms with Crippen molar-refractivity contribution in [2.24, 2.45) is 0 Å². The minimum Gasteiger partial charge on any atom is -0.400 e. The lowest BCUT2D eigenvalue weighted by Crippen LogP contribution is -2.16. The van der Waals surface area contributed by atoms with Crippen LogP contribution in [0.15, 0.2) is 12.5 Å². The molecule has 1 fully saturated rings. The first-order valence-electron chi connectivity index (χ1n) is 6.69. The summed E-state index contributed by atoms with van der Waals surface area (Å²) in [5.74, 6) is 0. The van der Waals surface area contributed by atoms with Crippen LogP contribution in [0.25, 0.3) is 11.0 Å². The van der Waals surface area contributed by atoms with Gasteiger partial charge in [0.05, 0.1) is 5.39 Å². The summed E-state index contributed by atoms with van der Waals surface area (Å²) in [6.45, 7) is 6.06. The molecule has 2 aromatic heterocycles. The van der Waals surface area contributed by atoms with Gasteiger partial charge in [-0.3, -0.25) is 0 Å². The van der Waals surface area contributed by atoms with Crippen LogP contribution in [-0.2, 0) is 0 Å². The van der Waals surface area contributed by atoms with Crippen molar-refractivity contribution >= 4 is 22.6 Å². The normalized spacial score (nSPS) is 14.0. The maximum Gasteiger partial charge on any atom is 0.145 e. The maximum atomic E-state index is 7.00. The first kappa shape index (κ1) is 15.9. The van der Waals surface area contributed by atoms with Crippen molar-refractivity contribution in [2.75, 3.05) is 7.11 Å². The molecule has 0 bridgehead atoms. The van der Waals surface area contributed by atoms with Crippen LogP contribution in [0.2, 0.25) is 5.15 Å². The smallest absolute Gasteiger partial charge is 0.145 e. The van der Waals surface area contributed by atoms with E-state index < -0.39 is 0 Å². The predicted molar refractivity (Wildman–Crippen MR) is 79.7 cm³/mol. The molecule has 19 heavy (non-hydrogen) atoms. The SMILES string of the molecule is CC.CO.Cc1cn(C2CCC2)c2ncnc(Cl)c12. The first-order valence-corrected chi connectivity index (χ1v) is 7.07. The Bertz CT molecular complexity index is 521. The van der Waals surface area contributed by atoms with E-state index in [1.54, 1.807) is 6.33 Å². The van der Waals surface area contributed by atoms with E-state index in [1.807, 2.05) is 13.8 Å². The fourth-order valence-corrected chi connectivity index (χ4v) is 2.45. The van der Waals surface area contributed by atoms with E-state index in [0.717, 1.165) is 18.1 Å². The van der Waals surface area contributed by atoms with E-state index in [2.05, 4.69) is 27.7 Å². The Hall–Kier alpha value is -1.13. The predicted octanol–water partition coefficient (Wildman–Crippen LogP) is 3.75. The minimum atomic E-state index is 0.565. The molecule has 5 heteroatoms. The molecule has 0 atom stereocenters. The van der Waals surface area contributed by atoms with Crippen LogP contribution in [0.3, 0.4) is 0 Å². The van der Waals surface area contributed by atoms with Gasteiger partial charge in [0.2, 0.25) is 0 Å². The van der Waals surface area contributed by atoms with Gasteiger partial charge >= 0.3 is 0 Å². The molecule has 2 heterocycles. The number of hydrogen-bond acceptors (Lipinski definition) is 3. The Labute approximate surface area is 119 Å². The Balaban J connectivity index is 0.000000415. The highest BCUT2D eigenvalue weighted by Gasteiger charge is 2.22. The van der Waals surface area contributed by atoms with Crippen LogP contribution in [0.1, 0.15) is 44.7 Å². The summed E-state index contributed by atoms with van der Waals surface area (Å²) in [4.78, 5) is 8.36. The van der Waals surface area contributed by atoms with Crippen molar-refractivity contribution in [2.45, 2.75) is 46.1 Å². The van der Waals surface area contributed by atoms with Crippen molar-refractivity contribution < 1.29 is 5.11 Å². The van der Waals surface area contributed by atoms with Gasteiger partial charge in [-0.1, -0.05) is 25.4 Å². The van der Waals surface area contributed by atoms with Crippen LogP contribution in [0.4, 0.5) is 0 Å². The summed E-state index contributed by atoms with van der Waals surface area (Å²) >= 11 is 6.08. The summed E-state index contributed by atoms with van der Waals surface area (Å²) < 4.78 is 2.25. The molecule has 1 aliphatic rings. The number of fused-ring (bicyclic) bond motifs is 1. The second kappa shape index (κ2) is 7.46. The number of aliphatic hydroxyl groups excluding tert-OH is 1. The number of rotatable bonds is 1. The molecular weight excluding hydrogens is 262 g/mol. The zero-order valence-electron chi connectivity index (χ0n) is 12.0. The molecule has 1 aliphatic carbocycles. The number of halogens is 1. The lowest BCUT2D eigenvalue weighted by Gasteiger charge is -2.27. The van der Waals surface area contributed by atoms with Gasteiger partial charge in [0.1, 0.15) is 17.1 Å². The number of aryl methyl sites for hydroxylation is 1. The molecule has 4 nitrogen and oxygen atoms in total. The van der Waals surface area contributed by atoms with Gasteiger partial charge in [-0.2, -0.15) is 0 Å². The number of aliphatic hydroxyl groups is 1. The zero-order valence-corrected chi connectivity index (χ0v) is 12.8. The van der Waals surface area contributed by atoms with E-state index >= 15 is 0 Å². The van der Waals surface area contributed by atoms with Crippen molar-refractivity contribution in [3.8, 4) is 0 Å². The van der Waals surface area contributed by atoms with E-state index in [9.17, 15) is 0 Å². The topological polar surface area (TPSA) is 50.9 Å². The van der Waals surface area contributed by atoms with Crippen LogP contribution in [0, 0.1) is 6.92 Å². The lowest BCUT2D eigenvalue weighted by atomic mass is 9.93. The van der Waals surface area contributed by atoms with Crippen molar-refractivity contribution in [3.63, 3.8) is 0 Å². The van der Waals surface area contributed by atoms with E-state index in [0.29, 0.717) is 11.2 Å². The highest BCUT2D eigenvalue weighted by molar-refractivity contribution is 6.34. The molecule has 106 valence electrons. The Morgan fingerprint density at radius 3 is 2.42 bits per heavy atom. The van der Waals surface area contributed by atoms with Crippen molar-refractivity contribution in [1.82, 2.24) is 14.5 Å². The molecule has 0 aromatic carbocycles. The zero-order chi connectivity index (χ0) is 14.4. The molecule has 0 radical (unpaired) electrons. The maximum absolute atomic E-state index is 7.00. The Morgan fingerprint density at radius 1 is 1.26 bits per heavy atom. The van der Waals surface area contributed by atoms with Gasteiger partial charge in [0.15, 0.2) is 0 Å². The summed E-state index contributed by atoms with van der Waals surface area (Å²) in [7, 11) is 1.00. The first-order chi connectivity index (χ1) is 9.27. The van der Waals surface area contributed by atoms with Gasteiger partial charge in [0.25, 0.3) is 0 Å². The lowest BCUT2D eigenvalue weighted by molar-refractivity contribution is 0.320. The Kier molecular flexibility index (Phi) is 6.25. The van der Waals surface area contributed by atoms with E-state index in [4.69, 9.17) is 16.7 Å². The summed E-state index contributed by atoms with van der Waals surface area (Å²) in [6, 6.07) is 0.618. The molecule has 2 aromatic rings. The molecule has 0 amide bonds. The quantitative estimate of drug-likeness (QED) is 0.811. The third kappa shape index (κ3) is 3.07. The van der Waals surface area contributed by atoms with Crippen LogP contribution >= 0.6 is 11.6 Å². The largest absolute Gasteiger partial charge is 0.400 e. The average molecular weight is 284 g/mol. The van der Waals surface area contributed by atoms with E-state index in [-0.39, 0.29) is 0 Å². The second-order valence-corrected chi connectivity index (χ2v) is 4.53. The molecule has 1 N–H and O–H groups in total. The number of aromatic nitrogens is 3. The monoisotopic (exact) mass is 283 g/mol. The summed E-state index contributed by atoms with van der Waals surface area (Å²) in [6.07, 6.45) is 7.52. The highest BCUT2D eigenvalue weighted by Crippen LogP contribution is 2.36. The van der Waals surface area contributed by atoms with Crippen LogP contribution < -0.4 is 0 Å². The van der Waals surface area contributed by atoms with Gasteiger partial charge in [-0.25, -0.2) is 9.97 Å². The van der Waals surface area contributed by atoms with Gasteiger partial charge < -0.3 is 9.67 Å². The average Bonchev–Trinajstić information content (AvgIpc) is 2.71. The second-order valence-electron chi connectivity index (χ2n) is 4.17. The van der Waals surface area contributed by atoms with Gasteiger partial charge in [-0.05, 0) is 31.7 Å². The third-order valence-corrected chi connectivity index (χ3v) is 3.51. The molecular formula is C14H22ClN3O. The fourth-order valence-electron chi connectivity index (χ4n) is 2.17. The highest BCUT2D eigenvalue weighted by atomic mass is 35.5. The molecule has 0 saturated heterocycles. The van der Waals surface area contributed by atoms with Gasteiger partial charge in [0, 0.05) is 19.3 Å². The number of hydrogen-bond donors (Lipinski definition) is 1. The van der Waals surface area contributed by atoms with Crippen LogP contribution in [-0.4, -0.2) is 26.8 Å². The molecule has 3 rings (SSSR count). The minimum absolute atomic E-state index is 0.565. The molecule has 0 spiro atoms. The van der Waals surface area contributed by atoms with Gasteiger partial charge in [-0.15, -0.1) is 0 Å². The van der Waals surface area contributed by atoms with Crippen LogP contribution in [0.5, 0.6) is 0 Å². The summed E-state index contributed by atoms with van der Waals surface area (Å²) in [5, 5.41) is 8.57. The molecule has 1 saturated carbocycles. The Morgan fingerprint density at radius 2 is 1.89 bits per heavy atom. The van der Waals surface area contributed by atoms with E-state index in [1.165, 1.54) is 24.8 Å². The van der Waals surface area contributed by atoms with Crippen molar-refractivity contribution in [3.05, 3.63) is 23.2 Å². The third-order valence-electron chi connectivity index (χ3n) is 3.22. The van der Waals surface area contributed by atoms with Crippen molar-refractivity contribution in [1.29, 1.82) is 0 Å². The standard InChI is InChI=1S/C11H12ClN3.C2H6.CH4O/c1-7-5-15(8-3-2-4-8)11-9(7)10(12)13-6-14-11;2*1-2/h5-6,8H,2-4H2,1H3;1-2H3;2H,1H3. The molecule has 0 aliphatic heterocycles. The molecule has 0 unspecified atom stereocenters.